The molecule has 2 fully saturated rings. The van der Waals surface area contributed by atoms with Crippen LogP contribution in [0.1, 0.15) is 24.8 Å². The number of ether oxygens (including phenoxy) is 1. The topological polar surface area (TPSA) is 83.0 Å². The SMILES string of the molecule is CN=C(NCCCOCCc1ccccc1)NCCCN1C(=O)C2C3C=CC(C3)C2C1=O. The number of nitrogens with one attached hydrogen (secondary N) is 2. The molecule has 0 spiro atoms. The second-order valence-corrected chi connectivity index (χ2v) is 8.81. The zero-order valence-corrected chi connectivity index (χ0v) is 18.8. The van der Waals surface area contributed by atoms with Gasteiger partial charge >= 0.3 is 0 Å². The molecule has 1 aromatic rings. The Hall–Kier alpha value is -2.67. The number of aliphatic imine (C=N–C) groups is 1. The van der Waals surface area contributed by atoms with E-state index in [-0.39, 0.29) is 35.5 Å². The van der Waals surface area contributed by atoms with Gasteiger partial charge in [-0.1, -0.05) is 42.5 Å². The van der Waals surface area contributed by atoms with Crippen LogP contribution in [-0.2, 0) is 20.7 Å². The Balaban J connectivity index is 1.06. The molecule has 1 aliphatic heterocycles. The van der Waals surface area contributed by atoms with E-state index in [2.05, 4.69) is 39.9 Å². The first-order valence-electron chi connectivity index (χ1n) is 11.8. The Morgan fingerprint density at radius 3 is 2.31 bits per heavy atom. The van der Waals surface area contributed by atoms with Crippen molar-refractivity contribution in [3.63, 3.8) is 0 Å². The molecule has 2 aliphatic carbocycles. The van der Waals surface area contributed by atoms with Crippen LogP contribution in [-0.4, -0.2) is 62.6 Å². The molecular weight excluding hydrogens is 404 g/mol. The lowest BCUT2D eigenvalue weighted by molar-refractivity contribution is -0.140. The molecule has 1 saturated heterocycles. The van der Waals surface area contributed by atoms with Crippen molar-refractivity contribution in [3.05, 3.63) is 48.0 Å². The van der Waals surface area contributed by atoms with Crippen LogP contribution in [0, 0.1) is 23.7 Å². The molecular formula is C25H34N4O3. The van der Waals surface area contributed by atoms with E-state index in [0.29, 0.717) is 26.1 Å². The maximum atomic E-state index is 12.7. The second-order valence-electron chi connectivity index (χ2n) is 8.81. The van der Waals surface area contributed by atoms with E-state index in [0.717, 1.165) is 38.4 Å². The number of benzene rings is 1. The first-order chi connectivity index (χ1) is 15.7. The number of fused-ring (bicyclic) bond motifs is 5. The van der Waals surface area contributed by atoms with Crippen LogP contribution in [0.4, 0.5) is 0 Å². The lowest BCUT2D eigenvalue weighted by atomic mass is 9.85. The third-order valence-corrected chi connectivity index (χ3v) is 6.77. The van der Waals surface area contributed by atoms with Crippen molar-refractivity contribution >= 4 is 17.8 Å². The van der Waals surface area contributed by atoms with Crippen LogP contribution in [0.15, 0.2) is 47.5 Å². The number of rotatable bonds is 11. The van der Waals surface area contributed by atoms with Crippen molar-refractivity contribution in [1.29, 1.82) is 0 Å². The number of hydrogen-bond acceptors (Lipinski definition) is 4. The molecule has 32 heavy (non-hydrogen) atoms. The average molecular weight is 439 g/mol. The van der Waals surface area contributed by atoms with Gasteiger partial charge in [-0.2, -0.15) is 0 Å². The van der Waals surface area contributed by atoms with E-state index in [4.69, 9.17) is 4.74 Å². The van der Waals surface area contributed by atoms with Gasteiger partial charge in [0.25, 0.3) is 0 Å². The minimum Gasteiger partial charge on any atom is -0.381 e. The monoisotopic (exact) mass is 438 g/mol. The number of imide groups is 1. The van der Waals surface area contributed by atoms with Gasteiger partial charge in [0.05, 0.1) is 18.4 Å². The highest BCUT2D eigenvalue weighted by molar-refractivity contribution is 6.06. The molecule has 2 bridgehead atoms. The molecule has 7 nitrogen and oxygen atoms in total. The van der Waals surface area contributed by atoms with Crippen LogP contribution < -0.4 is 10.6 Å². The number of carbonyl (C=O) groups is 2. The molecule has 0 aromatic heterocycles. The largest absolute Gasteiger partial charge is 0.381 e. The highest BCUT2D eigenvalue weighted by atomic mass is 16.5. The summed E-state index contributed by atoms with van der Waals surface area (Å²) in [5.41, 5.74) is 1.29. The molecule has 1 aromatic carbocycles. The van der Waals surface area contributed by atoms with E-state index < -0.39 is 0 Å². The van der Waals surface area contributed by atoms with Crippen molar-refractivity contribution < 1.29 is 14.3 Å². The summed E-state index contributed by atoms with van der Waals surface area (Å²) in [7, 11) is 1.74. The fraction of sp³-hybridized carbons (Fsp3) is 0.560. The fourth-order valence-corrected chi connectivity index (χ4v) is 5.17. The molecule has 1 heterocycles. The second kappa shape index (κ2) is 10.8. The Bertz CT molecular complexity index is 824. The third kappa shape index (κ3) is 5.04. The Morgan fingerprint density at radius 1 is 1.00 bits per heavy atom. The van der Waals surface area contributed by atoms with Gasteiger partial charge in [0.1, 0.15) is 0 Å². The van der Waals surface area contributed by atoms with Crippen LogP contribution >= 0.6 is 0 Å². The molecule has 7 heteroatoms. The highest BCUT2D eigenvalue weighted by Crippen LogP contribution is 2.52. The summed E-state index contributed by atoms with van der Waals surface area (Å²) in [5, 5.41) is 6.54. The molecule has 4 unspecified atom stereocenters. The number of guanidine groups is 1. The van der Waals surface area contributed by atoms with E-state index in [1.165, 1.54) is 10.5 Å². The number of allylic oxidation sites excluding steroid dienone is 2. The van der Waals surface area contributed by atoms with Gasteiger partial charge in [-0.05, 0) is 43.1 Å². The van der Waals surface area contributed by atoms with Crippen molar-refractivity contribution in [3.8, 4) is 0 Å². The minimum absolute atomic E-state index is 0.0339. The standard InChI is InChI=1S/C25H34N4O3/c1-26-25(28-13-6-15-32-16-11-18-7-3-2-4-8-18)27-12-5-14-29-23(30)21-19-9-10-20(17-19)22(21)24(29)31/h2-4,7-10,19-22H,5-6,11-17H2,1H3,(H2,26,27,28). The summed E-state index contributed by atoms with van der Waals surface area (Å²) in [4.78, 5) is 31.1. The van der Waals surface area contributed by atoms with Crippen LogP contribution in [0.5, 0.6) is 0 Å². The normalized spacial score (nSPS) is 26.2. The first kappa shape index (κ1) is 22.5. The van der Waals surface area contributed by atoms with E-state index >= 15 is 0 Å². The summed E-state index contributed by atoms with van der Waals surface area (Å²) in [5.74, 6) is 1.14. The Kier molecular flexibility index (Phi) is 7.58. The highest BCUT2D eigenvalue weighted by Gasteiger charge is 2.58. The summed E-state index contributed by atoms with van der Waals surface area (Å²) in [6, 6.07) is 10.3. The Labute approximate surface area is 190 Å². The third-order valence-electron chi connectivity index (χ3n) is 6.77. The molecule has 1 saturated carbocycles. The zero-order chi connectivity index (χ0) is 22.3. The quantitative estimate of drug-likeness (QED) is 0.182. The molecule has 172 valence electrons. The van der Waals surface area contributed by atoms with Crippen molar-refractivity contribution in [2.45, 2.75) is 25.7 Å². The fourth-order valence-electron chi connectivity index (χ4n) is 5.17. The van der Waals surface area contributed by atoms with Gasteiger partial charge in [0.2, 0.25) is 11.8 Å². The predicted octanol–water partition coefficient (Wildman–Crippen LogP) is 2.00. The molecule has 2 N–H and O–H groups in total. The maximum absolute atomic E-state index is 12.7. The number of carbonyl (C=O) groups excluding carboxylic acids is 2. The van der Waals surface area contributed by atoms with Crippen molar-refractivity contribution in [1.82, 2.24) is 15.5 Å². The van der Waals surface area contributed by atoms with Gasteiger partial charge in [-0.25, -0.2) is 0 Å². The number of amides is 2. The summed E-state index contributed by atoms with van der Waals surface area (Å²) in [6.07, 6.45) is 7.77. The van der Waals surface area contributed by atoms with Crippen LogP contribution in [0.3, 0.4) is 0 Å². The minimum atomic E-state index is -0.102. The van der Waals surface area contributed by atoms with Crippen LogP contribution in [0.2, 0.25) is 0 Å². The molecule has 4 atom stereocenters. The summed E-state index contributed by atoms with van der Waals surface area (Å²) >= 11 is 0. The van der Waals surface area contributed by atoms with Gasteiger partial charge in [-0.3, -0.25) is 19.5 Å². The molecule has 4 rings (SSSR count). The van der Waals surface area contributed by atoms with E-state index in [1.807, 2.05) is 18.2 Å². The van der Waals surface area contributed by atoms with E-state index in [9.17, 15) is 9.59 Å². The smallest absolute Gasteiger partial charge is 0.233 e. The number of likely N-dealkylation sites (tertiary alicyclic amines) is 1. The van der Waals surface area contributed by atoms with Crippen molar-refractivity contribution in [2.24, 2.45) is 28.7 Å². The summed E-state index contributed by atoms with van der Waals surface area (Å²) in [6.45, 7) is 3.33. The van der Waals surface area contributed by atoms with Gasteiger partial charge in [0, 0.05) is 33.3 Å². The zero-order valence-electron chi connectivity index (χ0n) is 18.8. The molecule has 3 aliphatic rings. The Morgan fingerprint density at radius 2 is 1.66 bits per heavy atom. The molecule has 0 radical (unpaired) electrons. The summed E-state index contributed by atoms with van der Waals surface area (Å²) < 4.78 is 5.71. The van der Waals surface area contributed by atoms with Gasteiger partial charge in [-0.15, -0.1) is 0 Å². The van der Waals surface area contributed by atoms with E-state index in [1.54, 1.807) is 7.05 Å². The lowest BCUT2D eigenvalue weighted by Gasteiger charge is -2.18. The number of nitrogens with zero attached hydrogens (tertiary/aromatic N) is 2. The number of hydrogen-bond donors (Lipinski definition) is 2. The lowest BCUT2D eigenvalue weighted by Crippen LogP contribution is -2.40. The first-order valence-corrected chi connectivity index (χ1v) is 11.8. The van der Waals surface area contributed by atoms with Crippen LogP contribution in [0.25, 0.3) is 0 Å². The van der Waals surface area contributed by atoms with Gasteiger partial charge < -0.3 is 15.4 Å². The van der Waals surface area contributed by atoms with Crippen molar-refractivity contribution in [2.75, 3.05) is 39.9 Å². The van der Waals surface area contributed by atoms with Gasteiger partial charge in [0.15, 0.2) is 5.96 Å². The molecule has 2 amide bonds. The average Bonchev–Trinajstić information content (AvgIpc) is 3.50. The predicted molar refractivity (Wildman–Crippen MR) is 124 cm³/mol. The maximum Gasteiger partial charge on any atom is 0.233 e.